The Bertz CT molecular complexity index is 888. The molecule has 8 nitrogen and oxygen atoms in total. The molecule has 0 radical (unpaired) electrons. The predicted molar refractivity (Wildman–Crippen MR) is 123 cm³/mol. The molecule has 0 aromatic carbocycles. The summed E-state index contributed by atoms with van der Waals surface area (Å²) in [5.74, 6) is 0.284. The average Bonchev–Trinajstić information content (AvgIpc) is 3.40. The van der Waals surface area contributed by atoms with Crippen LogP contribution in [0.25, 0.3) is 0 Å². The van der Waals surface area contributed by atoms with Crippen LogP contribution < -0.4 is 5.73 Å². The molecule has 0 unspecified atom stereocenters. The van der Waals surface area contributed by atoms with E-state index in [1.165, 1.54) is 62.9 Å². The van der Waals surface area contributed by atoms with Gasteiger partial charge in [-0.05, 0) is 80.1 Å². The summed E-state index contributed by atoms with van der Waals surface area (Å²) in [6, 6.07) is 0.640. The zero-order chi connectivity index (χ0) is 21.6. The highest BCUT2D eigenvalue weighted by molar-refractivity contribution is 6.03. The third kappa shape index (κ3) is 5.30. The van der Waals surface area contributed by atoms with Crippen LogP contribution in [0.4, 0.5) is 11.5 Å². The van der Waals surface area contributed by atoms with Crippen LogP contribution in [-0.2, 0) is 6.54 Å². The quantitative estimate of drug-likeness (QED) is 0.644. The Morgan fingerprint density at radius 3 is 2.74 bits per heavy atom. The fourth-order valence-corrected chi connectivity index (χ4v) is 4.80. The number of aromatic nitrogens is 3. The van der Waals surface area contributed by atoms with Crippen LogP contribution in [0, 0.1) is 6.92 Å². The minimum absolute atomic E-state index is 0.284. The molecule has 0 aliphatic carbocycles. The zero-order valence-corrected chi connectivity index (χ0v) is 18.9. The van der Waals surface area contributed by atoms with Crippen molar-refractivity contribution >= 4 is 17.2 Å². The second-order valence-corrected chi connectivity index (χ2v) is 8.88. The molecule has 31 heavy (non-hydrogen) atoms. The van der Waals surface area contributed by atoms with E-state index in [-0.39, 0.29) is 5.82 Å². The third-order valence-corrected chi connectivity index (χ3v) is 6.61. The third-order valence-electron chi connectivity index (χ3n) is 6.61. The van der Waals surface area contributed by atoms with E-state index < -0.39 is 0 Å². The summed E-state index contributed by atoms with van der Waals surface area (Å²) in [6.45, 7) is 10.1. The highest BCUT2D eigenvalue weighted by Gasteiger charge is 2.27. The molecule has 0 bridgehead atoms. The number of likely N-dealkylation sites (tertiary alicyclic amines) is 2. The van der Waals surface area contributed by atoms with Gasteiger partial charge in [-0.1, -0.05) is 19.8 Å². The molecule has 8 heteroatoms. The molecule has 4 rings (SSSR count). The SMILES string of the molecule is CCCC(=Nc1cncc(CN2CCC[C@@H]2CN2CCCCC2)c1C)c1nonc1N. The van der Waals surface area contributed by atoms with Crippen molar-refractivity contribution in [1.29, 1.82) is 0 Å². The molecule has 0 spiro atoms. The molecule has 2 fully saturated rings. The summed E-state index contributed by atoms with van der Waals surface area (Å²) in [6.07, 6.45) is 12.2. The summed E-state index contributed by atoms with van der Waals surface area (Å²) < 4.78 is 4.79. The molecule has 2 N–H and O–H groups in total. The second kappa shape index (κ2) is 10.3. The summed E-state index contributed by atoms with van der Waals surface area (Å²) in [4.78, 5) is 14.7. The number of pyridine rings is 1. The lowest BCUT2D eigenvalue weighted by Gasteiger charge is -2.33. The van der Waals surface area contributed by atoms with Crippen LogP contribution in [0.3, 0.4) is 0 Å². The first kappa shape index (κ1) is 21.9. The van der Waals surface area contributed by atoms with Crippen LogP contribution in [0.5, 0.6) is 0 Å². The Morgan fingerprint density at radius 2 is 2.00 bits per heavy atom. The first-order chi connectivity index (χ1) is 15.2. The Balaban J connectivity index is 1.51. The number of anilines is 1. The highest BCUT2D eigenvalue weighted by Crippen LogP contribution is 2.27. The van der Waals surface area contributed by atoms with Gasteiger partial charge in [0, 0.05) is 25.3 Å². The maximum atomic E-state index is 5.92. The van der Waals surface area contributed by atoms with Crippen molar-refractivity contribution in [2.75, 3.05) is 31.9 Å². The Kier molecular flexibility index (Phi) is 7.29. The number of hydrogen-bond acceptors (Lipinski definition) is 8. The number of aliphatic imine (C=N–C) groups is 1. The lowest BCUT2D eigenvalue weighted by atomic mass is 10.1. The second-order valence-electron chi connectivity index (χ2n) is 8.88. The van der Waals surface area contributed by atoms with E-state index >= 15 is 0 Å². The van der Waals surface area contributed by atoms with Crippen molar-refractivity contribution in [1.82, 2.24) is 25.1 Å². The van der Waals surface area contributed by atoms with E-state index in [1.807, 2.05) is 12.4 Å². The van der Waals surface area contributed by atoms with E-state index in [9.17, 15) is 0 Å². The minimum Gasteiger partial charge on any atom is -0.379 e. The van der Waals surface area contributed by atoms with Crippen molar-refractivity contribution in [2.24, 2.45) is 4.99 Å². The van der Waals surface area contributed by atoms with Crippen molar-refractivity contribution in [3.8, 4) is 0 Å². The molecular weight excluding hydrogens is 390 g/mol. The van der Waals surface area contributed by atoms with Crippen molar-refractivity contribution < 1.29 is 4.63 Å². The average molecular weight is 426 g/mol. The van der Waals surface area contributed by atoms with E-state index in [2.05, 4.69) is 38.9 Å². The van der Waals surface area contributed by atoms with E-state index in [1.54, 1.807) is 0 Å². The number of piperidine rings is 1. The maximum absolute atomic E-state index is 5.92. The topological polar surface area (TPSA) is 96.7 Å². The van der Waals surface area contributed by atoms with Crippen LogP contribution in [0.1, 0.15) is 68.7 Å². The number of nitrogen functional groups attached to an aromatic ring is 1. The van der Waals surface area contributed by atoms with Crippen LogP contribution in [0.15, 0.2) is 22.0 Å². The number of hydrogen-bond donors (Lipinski definition) is 1. The Labute approximate surface area is 184 Å². The molecule has 2 aliphatic rings. The van der Waals surface area contributed by atoms with Crippen LogP contribution in [-0.4, -0.2) is 63.0 Å². The minimum atomic E-state index is 0.284. The van der Waals surface area contributed by atoms with Gasteiger partial charge in [0.25, 0.3) is 0 Å². The number of rotatable bonds is 8. The van der Waals surface area contributed by atoms with Crippen molar-refractivity contribution in [3.63, 3.8) is 0 Å². The van der Waals surface area contributed by atoms with Gasteiger partial charge in [0.05, 0.1) is 17.6 Å². The zero-order valence-electron chi connectivity index (χ0n) is 18.9. The van der Waals surface area contributed by atoms with E-state index in [0.717, 1.165) is 37.3 Å². The first-order valence-corrected chi connectivity index (χ1v) is 11.7. The molecule has 4 heterocycles. The van der Waals surface area contributed by atoms with Crippen LogP contribution in [0.2, 0.25) is 0 Å². The van der Waals surface area contributed by atoms with Crippen molar-refractivity contribution in [2.45, 2.75) is 71.4 Å². The molecule has 1 atom stereocenters. The van der Waals surface area contributed by atoms with Gasteiger partial charge in [0.2, 0.25) is 0 Å². The van der Waals surface area contributed by atoms with E-state index in [4.69, 9.17) is 15.4 Å². The van der Waals surface area contributed by atoms with Gasteiger partial charge in [-0.3, -0.25) is 9.88 Å². The van der Waals surface area contributed by atoms with Gasteiger partial charge < -0.3 is 10.6 Å². The molecule has 2 saturated heterocycles. The maximum Gasteiger partial charge on any atom is 0.197 e. The van der Waals surface area contributed by atoms with Crippen LogP contribution >= 0.6 is 0 Å². The monoisotopic (exact) mass is 425 g/mol. The van der Waals surface area contributed by atoms with Gasteiger partial charge in [0.15, 0.2) is 11.5 Å². The molecular formula is C23H35N7O. The standard InChI is InChI=1S/C23H35N7O/c1-3-8-20(22-23(24)28-31-27-22)26-21-14-25-13-18(17(21)2)15-30-12-7-9-19(30)16-29-10-5-4-6-11-29/h13-14,19H,3-12,15-16H2,1-2H3,(H2,24,28)/t19-/m1/s1. The normalized spacial score (nSPS) is 21.1. The largest absolute Gasteiger partial charge is 0.379 e. The molecule has 0 saturated carbocycles. The van der Waals surface area contributed by atoms with Gasteiger partial charge in [-0.15, -0.1) is 0 Å². The smallest absolute Gasteiger partial charge is 0.197 e. The molecule has 2 aromatic rings. The van der Waals surface area contributed by atoms with Gasteiger partial charge >= 0.3 is 0 Å². The summed E-state index contributed by atoms with van der Waals surface area (Å²) in [7, 11) is 0. The molecule has 2 aromatic heterocycles. The number of nitrogens with two attached hydrogens (primary N) is 1. The molecule has 0 amide bonds. The highest BCUT2D eigenvalue weighted by atomic mass is 16.6. The Hall–Kier alpha value is -2.32. The predicted octanol–water partition coefficient (Wildman–Crippen LogP) is 3.73. The Morgan fingerprint density at radius 1 is 1.16 bits per heavy atom. The number of nitrogens with zero attached hydrogens (tertiary/aromatic N) is 6. The van der Waals surface area contributed by atoms with Gasteiger partial charge in [-0.2, -0.15) is 0 Å². The van der Waals surface area contributed by atoms with E-state index in [0.29, 0.717) is 11.7 Å². The molecule has 2 aliphatic heterocycles. The van der Waals surface area contributed by atoms with Crippen molar-refractivity contribution in [3.05, 3.63) is 29.2 Å². The first-order valence-electron chi connectivity index (χ1n) is 11.7. The fraction of sp³-hybridized carbons (Fsp3) is 0.652. The lowest BCUT2D eigenvalue weighted by Crippen LogP contribution is -2.42. The summed E-state index contributed by atoms with van der Waals surface area (Å²) in [5, 5.41) is 7.67. The molecule has 168 valence electrons. The fourth-order valence-electron chi connectivity index (χ4n) is 4.80. The summed E-state index contributed by atoms with van der Waals surface area (Å²) in [5.41, 5.74) is 10.5. The summed E-state index contributed by atoms with van der Waals surface area (Å²) >= 11 is 0. The van der Waals surface area contributed by atoms with Gasteiger partial charge in [-0.25, -0.2) is 9.62 Å². The van der Waals surface area contributed by atoms with Gasteiger partial charge in [0.1, 0.15) is 0 Å². The lowest BCUT2D eigenvalue weighted by molar-refractivity contribution is 0.149.